The Morgan fingerprint density at radius 3 is 2.68 bits per heavy atom. The van der Waals surface area contributed by atoms with E-state index in [2.05, 4.69) is 5.32 Å². The Hall–Kier alpha value is -1.53. The van der Waals surface area contributed by atoms with Gasteiger partial charge >= 0.3 is 0 Å². The van der Waals surface area contributed by atoms with E-state index in [1.165, 1.54) is 0 Å². The van der Waals surface area contributed by atoms with Gasteiger partial charge in [0.05, 0.1) is 23.8 Å². The van der Waals surface area contributed by atoms with Crippen LogP contribution in [-0.2, 0) is 4.74 Å². The molecule has 1 aliphatic rings. The van der Waals surface area contributed by atoms with Gasteiger partial charge in [0, 0.05) is 18.4 Å². The molecule has 1 aliphatic carbocycles. The van der Waals surface area contributed by atoms with E-state index in [0.29, 0.717) is 13.0 Å². The van der Waals surface area contributed by atoms with Gasteiger partial charge in [-0.25, -0.2) is 8.78 Å². The molecule has 1 saturated carbocycles. The highest BCUT2D eigenvalue weighted by atomic mass is 19.1. The molecule has 1 fully saturated rings. The fourth-order valence-electron chi connectivity index (χ4n) is 2.96. The molecule has 1 amide bonds. The molecular weight excluding hydrogens is 292 g/mol. The lowest BCUT2D eigenvalue weighted by Gasteiger charge is -2.60. The number of amides is 1. The summed E-state index contributed by atoms with van der Waals surface area (Å²) in [6, 6.07) is 2.71. The fraction of sp³-hybridized carbons (Fsp3) is 0.562. The van der Waals surface area contributed by atoms with Crippen molar-refractivity contribution in [1.29, 1.82) is 0 Å². The molecule has 0 saturated heterocycles. The van der Waals surface area contributed by atoms with E-state index in [-0.39, 0.29) is 18.3 Å². The monoisotopic (exact) mass is 313 g/mol. The zero-order valence-corrected chi connectivity index (χ0v) is 13.0. The maximum Gasteiger partial charge on any atom is 0.254 e. The second-order valence-corrected chi connectivity index (χ2v) is 6.19. The first-order valence-electron chi connectivity index (χ1n) is 7.27. The van der Waals surface area contributed by atoms with Gasteiger partial charge < -0.3 is 15.2 Å². The van der Waals surface area contributed by atoms with Crippen LogP contribution in [0, 0.1) is 17.0 Å². The van der Waals surface area contributed by atoms with Crippen LogP contribution in [0.2, 0.25) is 0 Å². The van der Waals surface area contributed by atoms with Crippen molar-refractivity contribution in [3.8, 4) is 0 Å². The van der Waals surface area contributed by atoms with Crippen molar-refractivity contribution in [3.05, 3.63) is 35.4 Å². The zero-order valence-electron chi connectivity index (χ0n) is 13.0. The van der Waals surface area contributed by atoms with Crippen molar-refractivity contribution in [3.63, 3.8) is 0 Å². The summed E-state index contributed by atoms with van der Waals surface area (Å²) >= 11 is 0. The smallest absolute Gasteiger partial charge is 0.254 e. The number of ether oxygens (including phenoxy) is 1. The number of aliphatic hydroxyl groups is 1. The third kappa shape index (κ3) is 2.61. The molecule has 6 heteroatoms. The lowest BCUT2D eigenvalue weighted by molar-refractivity contribution is -0.172. The lowest BCUT2D eigenvalue weighted by atomic mass is 9.54. The Bertz CT molecular complexity index is 577. The Morgan fingerprint density at radius 2 is 2.14 bits per heavy atom. The molecule has 0 aromatic heterocycles. The molecule has 4 nitrogen and oxygen atoms in total. The molecule has 0 spiro atoms. The zero-order chi connectivity index (χ0) is 16.5. The van der Waals surface area contributed by atoms with E-state index < -0.39 is 28.5 Å². The standard InChI is InChI=1S/C16H21F2NO3/c1-4-22-13-8-16(9-20,15(13,2)3)19-14(21)11-7-10(17)5-6-12(11)18/h5-7,13,20H,4,8-9H2,1-3H3,(H,19,21)/t13-,16+/m1/s1. The van der Waals surface area contributed by atoms with Crippen LogP contribution in [0.25, 0.3) is 0 Å². The molecule has 22 heavy (non-hydrogen) atoms. The number of hydrogen-bond donors (Lipinski definition) is 2. The Morgan fingerprint density at radius 1 is 1.45 bits per heavy atom. The third-order valence-electron chi connectivity index (χ3n) is 4.74. The number of rotatable bonds is 5. The van der Waals surface area contributed by atoms with Crippen molar-refractivity contribution < 1.29 is 23.4 Å². The number of nitrogens with one attached hydrogen (secondary N) is 1. The summed E-state index contributed by atoms with van der Waals surface area (Å²) in [7, 11) is 0. The second-order valence-electron chi connectivity index (χ2n) is 6.19. The molecule has 0 bridgehead atoms. The van der Waals surface area contributed by atoms with Crippen LogP contribution in [0.5, 0.6) is 0 Å². The average Bonchev–Trinajstić information content (AvgIpc) is 2.48. The molecule has 122 valence electrons. The molecular formula is C16H21F2NO3. The van der Waals surface area contributed by atoms with Crippen LogP contribution < -0.4 is 5.32 Å². The first-order valence-corrected chi connectivity index (χ1v) is 7.27. The lowest BCUT2D eigenvalue weighted by Crippen LogP contribution is -2.74. The maximum absolute atomic E-state index is 13.7. The van der Waals surface area contributed by atoms with E-state index >= 15 is 0 Å². The minimum Gasteiger partial charge on any atom is -0.394 e. The first-order chi connectivity index (χ1) is 10.3. The fourth-order valence-corrected chi connectivity index (χ4v) is 2.96. The average molecular weight is 313 g/mol. The van der Waals surface area contributed by atoms with Crippen LogP contribution in [0.3, 0.4) is 0 Å². The Kier molecular flexibility index (Phi) is 4.54. The van der Waals surface area contributed by atoms with Gasteiger partial charge in [-0.05, 0) is 25.1 Å². The van der Waals surface area contributed by atoms with Crippen molar-refractivity contribution >= 4 is 5.91 Å². The number of carbonyl (C=O) groups is 1. The molecule has 0 unspecified atom stereocenters. The summed E-state index contributed by atoms with van der Waals surface area (Å²) in [5.41, 5.74) is -1.80. The summed E-state index contributed by atoms with van der Waals surface area (Å²) in [5.74, 6) is -2.23. The van der Waals surface area contributed by atoms with Crippen molar-refractivity contribution in [2.24, 2.45) is 5.41 Å². The number of halogens is 2. The topological polar surface area (TPSA) is 58.6 Å². The van der Waals surface area contributed by atoms with Crippen LogP contribution in [-0.4, -0.2) is 35.9 Å². The van der Waals surface area contributed by atoms with Gasteiger partial charge in [-0.1, -0.05) is 13.8 Å². The number of hydrogen-bond acceptors (Lipinski definition) is 3. The van der Waals surface area contributed by atoms with Crippen molar-refractivity contribution in [1.82, 2.24) is 5.32 Å². The summed E-state index contributed by atoms with van der Waals surface area (Å²) in [5, 5.41) is 12.4. The van der Waals surface area contributed by atoms with Crippen LogP contribution in [0.4, 0.5) is 8.78 Å². The minimum absolute atomic E-state index is 0.109. The van der Waals surface area contributed by atoms with E-state index in [1.807, 2.05) is 20.8 Å². The highest BCUT2D eigenvalue weighted by Crippen LogP contribution is 2.51. The highest BCUT2D eigenvalue weighted by Gasteiger charge is 2.61. The van der Waals surface area contributed by atoms with Crippen LogP contribution in [0.15, 0.2) is 18.2 Å². The summed E-state index contributed by atoms with van der Waals surface area (Å²) in [6.07, 6.45) is 0.315. The van der Waals surface area contributed by atoms with Crippen LogP contribution >= 0.6 is 0 Å². The van der Waals surface area contributed by atoms with E-state index in [0.717, 1.165) is 18.2 Å². The van der Waals surface area contributed by atoms with Gasteiger partial charge in [-0.15, -0.1) is 0 Å². The molecule has 0 heterocycles. The summed E-state index contributed by atoms with van der Waals surface area (Å²) in [4.78, 5) is 12.3. The first kappa shape index (κ1) is 16.8. The summed E-state index contributed by atoms with van der Waals surface area (Å²) < 4.78 is 32.5. The van der Waals surface area contributed by atoms with Gasteiger partial charge in [0.25, 0.3) is 5.91 Å². The number of aliphatic hydroxyl groups excluding tert-OH is 1. The van der Waals surface area contributed by atoms with Gasteiger partial charge in [0.1, 0.15) is 11.6 Å². The van der Waals surface area contributed by atoms with Crippen LogP contribution in [0.1, 0.15) is 37.6 Å². The second kappa shape index (κ2) is 5.93. The summed E-state index contributed by atoms with van der Waals surface area (Å²) in [6.45, 7) is 5.84. The molecule has 1 aromatic carbocycles. The Labute approximate surface area is 128 Å². The SMILES string of the molecule is CCO[C@@H]1C[C@@](CO)(NC(=O)c2cc(F)ccc2F)C1(C)C. The highest BCUT2D eigenvalue weighted by molar-refractivity contribution is 5.95. The normalized spacial score (nSPS) is 26.4. The largest absolute Gasteiger partial charge is 0.394 e. The van der Waals surface area contributed by atoms with E-state index in [4.69, 9.17) is 4.74 Å². The molecule has 2 rings (SSSR count). The molecule has 0 radical (unpaired) electrons. The molecule has 1 aromatic rings. The van der Waals surface area contributed by atoms with Gasteiger partial charge in [0.15, 0.2) is 0 Å². The predicted octanol–water partition coefficient (Wildman–Crippen LogP) is 2.26. The van der Waals surface area contributed by atoms with Crippen molar-refractivity contribution in [2.75, 3.05) is 13.2 Å². The number of carbonyl (C=O) groups excluding carboxylic acids is 1. The van der Waals surface area contributed by atoms with Gasteiger partial charge in [-0.3, -0.25) is 4.79 Å². The molecule has 2 N–H and O–H groups in total. The molecule has 0 aliphatic heterocycles. The van der Waals surface area contributed by atoms with Gasteiger partial charge in [0.2, 0.25) is 0 Å². The number of benzene rings is 1. The van der Waals surface area contributed by atoms with E-state index in [9.17, 15) is 18.7 Å². The third-order valence-corrected chi connectivity index (χ3v) is 4.74. The van der Waals surface area contributed by atoms with Gasteiger partial charge in [-0.2, -0.15) is 0 Å². The Balaban J connectivity index is 2.21. The molecule has 2 atom stereocenters. The quantitative estimate of drug-likeness (QED) is 0.876. The van der Waals surface area contributed by atoms with Crippen molar-refractivity contribution in [2.45, 2.75) is 38.8 Å². The predicted molar refractivity (Wildman–Crippen MR) is 77.5 cm³/mol. The minimum atomic E-state index is -0.914. The van der Waals surface area contributed by atoms with E-state index in [1.54, 1.807) is 0 Å². The maximum atomic E-state index is 13.7.